The van der Waals surface area contributed by atoms with Gasteiger partial charge in [0.2, 0.25) is 15.9 Å². The van der Waals surface area contributed by atoms with Crippen LogP contribution in [0.1, 0.15) is 12.8 Å². The zero-order valence-electron chi connectivity index (χ0n) is 11.9. The number of carbonyl (C=O) groups excluding carboxylic acids is 1. The average molecular weight is 334 g/mol. The van der Waals surface area contributed by atoms with E-state index in [2.05, 4.69) is 0 Å². The molecular weight excluding hydrogens is 318 g/mol. The number of amides is 1. The molecule has 1 aromatic carbocycles. The number of nitrogens with two attached hydrogens (primary N) is 1. The molecule has 0 aromatic heterocycles. The molecule has 6 nitrogen and oxygen atoms in total. The molecule has 1 heterocycles. The molecule has 1 atom stereocenters. The monoisotopic (exact) mass is 334 g/mol. The molecule has 9 heteroatoms. The highest BCUT2D eigenvalue weighted by Gasteiger charge is 2.52. The van der Waals surface area contributed by atoms with Gasteiger partial charge in [0.25, 0.3) is 0 Å². The van der Waals surface area contributed by atoms with E-state index >= 15 is 0 Å². The van der Waals surface area contributed by atoms with Gasteiger partial charge < -0.3 is 10.5 Å². The van der Waals surface area contributed by atoms with Gasteiger partial charge in [-0.2, -0.15) is 4.31 Å². The Morgan fingerprint density at radius 2 is 1.95 bits per heavy atom. The summed E-state index contributed by atoms with van der Waals surface area (Å²) >= 11 is 0. The summed E-state index contributed by atoms with van der Waals surface area (Å²) in [5.74, 6) is -2.89. The summed E-state index contributed by atoms with van der Waals surface area (Å²) in [6.07, 6.45) is 0.580. The first kappa shape index (κ1) is 16.8. The number of hydrogen-bond donors (Lipinski definition) is 1. The second-order valence-corrected chi connectivity index (χ2v) is 6.98. The summed E-state index contributed by atoms with van der Waals surface area (Å²) in [5.41, 5.74) is 3.83. The maximum absolute atomic E-state index is 13.3. The van der Waals surface area contributed by atoms with Gasteiger partial charge in [-0.3, -0.25) is 4.79 Å². The molecule has 0 saturated carbocycles. The number of methoxy groups -OCH3 is 1. The smallest absolute Gasteiger partial charge is 0.244 e. The lowest BCUT2D eigenvalue weighted by atomic mass is 9.98. The predicted molar refractivity (Wildman–Crippen MR) is 73.3 cm³/mol. The lowest BCUT2D eigenvalue weighted by molar-refractivity contribution is -0.128. The fourth-order valence-electron chi connectivity index (χ4n) is 2.71. The number of nitrogens with zero attached hydrogens (tertiary/aromatic N) is 1. The summed E-state index contributed by atoms with van der Waals surface area (Å²) < 4.78 is 57.8. The van der Waals surface area contributed by atoms with Crippen LogP contribution >= 0.6 is 0 Å². The quantitative estimate of drug-likeness (QED) is 0.855. The Labute approximate surface area is 126 Å². The Kier molecular flexibility index (Phi) is 4.50. The third-order valence-electron chi connectivity index (χ3n) is 3.69. The molecule has 0 bridgehead atoms. The van der Waals surface area contributed by atoms with Crippen molar-refractivity contribution in [1.82, 2.24) is 4.31 Å². The molecule has 1 aliphatic heterocycles. The van der Waals surface area contributed by atoms with E-state index in [1.54, 1.807) is 0 Å². The Morgan fingerprint density at radius 1 is 1.36 bits per heavy atom. The molecule has 1 saturated heterocycles. The Hall–Kier alpha value is -1.58. The fraction of sp³-hybridized carbons (Fsp3) is 0.462. The van der Waals surface area contributed by atoms with Crippen LogP contribution < -0.4 is 5.73 Å². The number of sulfonamides is 1. The third-order valence-corrected chi connectivity index (χ3v) is 5.64. The standard InChI is InChI=1S/C13H16F2N2O4S/c1-21-8-13(12(16)18)3-2-4-17(13)22(19,20)11-6-9(14)5-10(15)7-11/h5-7H,2-4,8H2,1H3,(H2,16,18). The molecule has 1 fully saturated rings. The summed E-state index contributed by atoms with van der Waals surface area (Å²) in [6, 6.07) is 1.98. The summed E-state index contributed by atoms with van der Waals surface area (Å²) in [7, 11) is -2.97. The van der Waals surface area contributed by atoms with Crippen molar-refractivity contribution in [3.8, 4) is 0 Å². The number of benzene rings is 1. The molecule has 1 aromatic rings. The molecule has 2 rings (SSSR count). The summed E-state index contributed by atoms with van der Waals surface area (Å²) in [5, 5.41) is 0. The lowest BCUT2D eigenvalue weighted by Crippen LogP contribution is -2.58. The van der Waals surface area contributed by atoms with Gasteiger partial charge in [-0.25, -0.2) is 17.2 Å². The van der Waals surface area contributed by atoms with Gasteiger partial charge >= 0.3 is 0 Å². The van der Waals surface area contributed by atoms with E-state index in [1.807, 2.05) is 0 Å². The summed E-state index contributed by atoms with van der Waals surface area (Å²) in [4.78, 5) is 11.3. The molecule has 22 heavy (non-hydrogen) atoms. The third kappa shape index (κ3) is 2.71. The van der Waals surface area contributed by atoms with Gasteiger partial charge in [0.15, 0.2) is 0 Å². The van der Waals surface area contributed by atoms with Gasteiger partial charge in [-0.05, 0) is 25.0 Å². The van der Waals surface area contributed by atoms with E-state index in [9.17, 15) is 22.0 Å². The van der Waals surface area contributed by atoms with Crippen molar-refractivity contribution >= 4 is 15.9 Å². The van der Waals surface area contributed by atoms with Crippen LogP contribution in [0.15, 0.2) is 23.1 Å². The van der Waals surface area contributed by atoms with Gasteiger partial charge in [0, 0.05) is 19.7 Å². The van der Waals surface area contributed by atoms with Crippen molar-refractivity contribution in [2.24, 2.45) is 5.73 Å². The molecule has 0 spiro atoms. The van der Waals surface area contributed by atoms with E-state index in [4.69, 9.17) is 10.5 Å². The highest BCUT2D eigenvalue weighted by atomic mass is 32.2. The molecule has 1 amide bonds. The van der Waals surface area contributed by atoms with Crippen molar-refractivity contribution in [2.75, 3.05) is 20.3 Å². The first-order chi connectivity index (χ1) is 10.2. The highest BCUT2D eigenvalue weighted by molar-refractivity contribution is 7.89. The van der Waals surface area contributed by atoms with Crippen molar-refractivity contribution in [3.05, 3.63) is 29.8 Å². The number of carbonyl (C=O) groups is 1. The minimum absolute atomic E-state index is 0.0206. The van der Waals surface area contributed by atoms with E-state index in [1.165, 1.54) is 7.11 Å². The van der Waals surface area contributed by atoms with Crippen LogP contribution in [-0.2, 0) is 19.6 Å². The van der Waals surface area contributed by atoms with Gasteiger partial charge in [-0.15, -0.1) is 0 Å². The number of rotatable bonds is 5. The molecule has 0 aliphatic carbocycles. The zero-order valence-corrected chi connectivity index (χ0v) is 12.7. The lowest BCUT2D eigenvalue weighted by Gasteiger charge is -2.34. The topological polar surface area (TPSA) is 89.7 Å². The first-order valence-electron chi connectivity index (χ1n) is 6.52. The maximum atomic E-state index is 13.3. The van der Waals surface area contributed by atoms with Crippen LogP contribution in [-0.4, -0.2) is 44.4 Å². The van der Waals surface area contributed by atoms with Crippen molar-refractivity contribution in [1.29, 1.82) is 0 Å². The molecule has 0 radical (unpaired) electrons. The number of primary amides is 1. The van der Waals surface area contributed by atoms with Gasteiger partial charge in [0.1, 0.15) is 17.2 Å². The minimum atomic E-state index is -4.29. The van der Waals surface area contributed by atoms with Gasteiger partial charge in [-0.1, -0.05) is 0 Å². The van der Waals surface area contributed by atoms with Crippen LogP contribution in [0.2, 0.25) is 0 Å². The highest BCUT2D eigenvalue weighted by Crippen LogP contribution is 2.35. The van der Waals surface area contributed by atoms with E-state index < -0.39 is 38.0 Å². The van der Waals surface area contributed by atoms with Crippen LogP contribution in [0.3, 0.4) is 0 Å². The maximum Gasteiger partial charge on any atom is 0.244 e. The molecule has 122 valence electrons. The van der Waals surface area contributed by atoms with Crippen LogP contribution in [0.25, 0.3) is 0 Å². The molecule has 1 aliphatic rings. The number of ether oxygens (including phenoxy) is 1. The first-order valence-corrected chi connectivity index (χ1v) is 7.96. The van der Waals surface area contributed by atoms with E-state index in [0.717, 1.165) is 4.31 Å². The van der Waals surface area contributed by atoms with E-state index in [-0.39, 0.29) is 19.6 Å². The minimum Gasteiger partial charge on any atom is -0.382 e. The Balaban J connectivity index is 2.54. The van der Waals surface area contributed by atoms with Crippen molar-refractivity contribution < 1.29 is 26.7 Å². The number of hydrogen-bond acceptors (Lipinski definition) is 4. The summed E-state index contributed by atoms with van der Waals surface area (Å²) in [6.45, 7) is -0.202. The predicted octanol–water partition coefficient (Wildman–Crippen LogP) is 0.620. The SMILES string of the molecule is COCC1(C(N)=O)CCCN1S(=O)(=O)c1cc(F)cc(F)c1. The molecule has 1 unspecified atom stereocenters. The molecular formula is C13H16F2N2O4S. The fourth-order valence-corrected chi connectivity index (χ4v) is 4.55. The van der Waals surface area contributed by atoms with Crippen LogP contribution in [0.5, 0.6) is 0 Å². The van der Waals surface area contributed by atoms with Gasteiger partial charge in [0.05, 0.1) is 11.5 Å². The second kappa shape index (κ2) is 5.90. The number of halogens is 2. The van der Waals surface area contributed by atoms with E-state index in [0.29, 0.717) is 24.6 Å². The average Bonchev–Trinajstić information content (AvgIpc) is 2.84. The largest absolute Gasteiger partial charge is 0.382 e. The van der Waals surface area contributed by atoms with Crippen LogP contribution in [0, 0.1) is 11.6 Å². The Morgan fingerprint density at radius 3 is 2.45 bits per heavy atom. The normalized spacial score (nSPS) is 22.9. The Bertz CT molecular complexity index is 675. The zero-order chi connectivity index (χ0) is 16.5. The van der Waals surface area contributed by atoms with Crippen molar-refractivity contribution in [3.63, 3.8) is 0 Å². The molecule has 2 N–H and O–H groups in total. The van der Waals surface area contributed by atoms with Crippen LogP contribution in [0.4, 0.5) is 8.78 Å². The van der Waals surface area contributed by atoms with Crippen molar-refractivity contribution in [2.45, 2.75) is 23.3 Å². The second-order valence-electron chi connectivity index (χ2n) is 5.11.